The van der Waals surface area contributed by atoms with E-state index in [1.54, 1.807) is 24.9 Å². The van der Waals surface area contributed by atoms with Gasteiger partial charge in [0.05, 0.1) is 7.11 Å². The molecule has 0 amide bonds. The summed E-state index contributed by atoms with van der Waals surface area (Å²) >= 11 is 5.02. The zero-order chi connectivity index (χ0) is 12.3. The molecular formula is C13H11BrO2S. The zero-order valence-corrected chi connectivity index (χ0v) is 11.6. The van der Waals surface area contributed by atoms with Gasteiger partial charge < -0.3 is 9.84 Å². The van der Waals surface area contributed by atoms with E-state index in [1.807, 2.05) is 36.4 Å². The van der Waals surface area contributed by atoms with Crippen molar-refractivity contribution in [1.82, 2.24) is 0 Å². The molecule has 0 aliphatic rings. The maximum absolute atomic E-state index is 9.50. The van der Waals surface area contributed by atoms with Gasteiger partial charge in [0.15, 0.2) is 11.5 Å². The molecule has 0 unspecified atom stereocenters. The molecule has 2 aromatic carbocycles. The Morgan fingerprint density at radius 2 is 1.71 bits per heavy atom. The Hall–Kier alpha value is -1.13. The molecule has 0 aromatic heterocycles. The highest BCUT2D eigenvalue weighted by atomic mass is 79.9. The third kappa shape index (κ3) is 3.17. The van der Waals surface area contributed by atoms with Crippen LogP contribution in [0.3, 0.4) is 0 Å². The summed E-state index contributed by atoms with van der Waals surface area (Å²) in [5.74, 6) is 0.653. The summed E-state index contributed by atoms with van der Waals surface area (Å²) < 4.78 is 6.13. The van der Waals surface area contributed by atoms with Gasteiger partial charge in [0.2, 0.25) is 0 Å². The lowest BCUT2D eigenvalue weighted by Crippen LogP contribution is -1.83. The van der Waals surface area contributed by atoms with Gasteiger partial charge in [-0.05, 0) is 42.5 Å². The first-order valence-electron chi connectivity index (χ1n) is 4.99. The van der Waals surface area contributed by atoms with Crippen molar-refractivity contribution in [2.45, 2.75) is 9.79 Å². The molecular weight excluding hydrogens is 300 g/mol. The summed E-state index contributed by atoms with van der Waals surface area (Å²) in [6, 6.07) is 13.4. The average Bonchev–Trinajstić information content (AvgIpc) is 2.34. The Kier molecular flexibility index (Phi) is 3.97. The molecule has 0 heterocycles. The average molecular weight is 311 g/mol. The van der Waals surface area contributed by atoms with Crippen LogP contribution in [0, 0.1) is 0 Å². The summed E-state index contributed by atoms with van der Waals surface area (Å²) in [6.45, 7) is 0. The normalized spacial score (nSPS) is 10.2. The Bertz CT molecular complexity index is 511. The molecule has 0 radical (unpaired) electrons. The zero-order valence-electron chi connectivity index (χ0n) is 9.18. The van der Waals surface area contributed by atoms with E-state index in [9.17, 15) is 5.11 Å². The minimum Gasteiger partial charge on any atom is -0.504 e. The van der Waals surface area contributed by atoms with E-state index in [1.165, 1.54) is 0 Å². The van der Waals surface area contributed by atoms with Gasteiger partial charge in [-0.1, -0.05) is 27.7 Å². The van der Waals surface area contributed by atoms with Crippen LogP contribution in [0.15, 0.2) is 56.7 Å². The maximum atomic E-state index is 9.50. The summed E-state index contributed by atoms with van der Waals surface area (Å²) in [7, 11) is 1.54. The molecule has 2 aromatic rings. The highest BCUT2D eigenvalue weighted by molar-refractivity contribution is 9.10. The highest BCUT2D eigenvalue weighted by Gasteiger charge is 2.04. The first-order valence-corrected chi connectivity index (χ1v) is 6.60. The standard InChI is InChI=1S/C13H11BrO2S/c1-16-13-8-11(6-7-12(13)15)17-10-4-2-9(14)3-5-10/h2-8,15H,1H3. The van der Waals surface area contributed by atoms with Crippen molar-refractivity contribution >= 4 is 27.7 Å². The van der Waals surface area contributed by atoms with Crippen LogP contribution in [-0.4, -0.2) is 12.2 Å². The van der Waals surface area contributed by atoms with Crippen LogP contribution >= 0.6 is 27.7 Å². The van der Waals surface area contributed by atoms with Crippen LogP contribution in [0.4, 0.5) is 0 Å². The fraction of sp³-hybridized carbons (Fsp3) is 0.0769. The fourth-order valence-corrected chi connectivity index (χ4v) is 2.47. The third-order valence-corrected chi connectivity index (χ3v) is 3.73. The number of halogens is 1. The molecule has 0 bridgehead atoms. The Balaban J connectivity index is 2.21. The molecule has 0 atom stereocenters. The number of hydrogen-bond donors (Lipinski definition) is 1. The van der Waals surface area contributed by atoms with Crippen molar-refractivity contribution in [3.05, 3.63) is 46.9 Å². The quantitative estimate of drug-likeness (QED) is 0.915. The van der Waals surface area contributed by atoms with Crippen molar-refractivity contribution in [1.29, 1.82) is 0 Å². The first-order chi connectivity index (χ1) is 8.19. The van der Waals surface area contributed by atoms with Crippen molar-refractivity contribution in [2.75, 3.05) is 7.11 Å². The van der Waals surface area contributed by atoms with Crippen molar-refractivity contribution < 1.29 is 9.84 Å². The van der Waals surface area contributed by atoms with E-state index in [4.69, 9.17) is 4.74 Å². The van der Waals surface area contributed by atoms with Gasteiger partial charge in [-0.25, -0.2) is 0 Å². The van der Waals surface area contributed by atoms with Crippen LogP contribution in [-0.2, 0) is 0 Å². The minimum absolute atomic E-state index is 0.160. The van der Waals surface area contributed by atoms with E-state index in [0.717, 1.165) is 14.3 Å². The third-order valence-electron chi connectivity index (χ3n) is 2.20. The molecule has 2 nitrogen and oxygen atoms in total. The Labute approximate surface area is 113 Å². The Morgan fingerprint density at radius 3 is 2.35 bits per heavy atom. The van der Waals surface area contributed by atoms with Crippen LogP contribution < -0.4 is 4.74 Å². The van der Waals surface area contributed by atoms with Crippen LogP contribution in [0.2, 0.25) is 0 Å². The van der Waals surface area contributed by atoms with E-state index in [-0.39, 0.29) is 5.75 Å². The van der Waals surface area contributed by atoms with E-state index >= 15 is 0 Å². The molecule has 1 N–H and O–H groups in total. The molecule has 0 saturated carbocycles. The van der Waals surface area contributed by atoms with Gasteiger partial charge >= 0.3 is 0 Å². The Morgan fingerprint density at radius 1 is 1.06 bits per heavy atom. The van der Waals surface area contributed by atoms with Crippen molar-refractivity contribution in [3.8, 4) is 11.5 Å². The molecule has 0 aliphatic carbocycles. The largest absolute Gasteiger partial charge is 0.504 e. The topological polar surface area (TPSA) is 29.5 Å². The lowest BCUT2D eigenvalue weighted by atomic mass is 10.3. The molecule has 88 valence electrons. The molecule has 0 aliphatic heterocycles. The number of phenols is 1. The van der Waals surface area contributed by atoms with Gasteiger partial charge in [0.25, 0.3) is 0 Å². The SMILES string of the molecule is COc1cc(Sc2ccc(Br)cc2)ccc1O. The molecule has 0 fully saturated rings. The molecule has 0 spiro atoms. The maximum Gasteiger partial charge on any atom is 0.161 e. The second kappa shape index (κ2) is 5.47. The van der Waals surface area contributed by atoms with Gasteiger partial charge in [-0.3, -0.25) is 0 Å². The first kappa shape index (κ1) is 12.3. The number of benzene rings is 2. The predicted octanol–water partition coefficient (Wildman–Crippen LogP) is 4.31. The number of hydrogen-bond acceptors (Lipinski definition) is 3. The summed E-state index contributed by atoms with van der Waals surface area (Å²) in [4.78, 5) is 2.17. The lowest BCUT2D eigenvalue weighted by Gasteiger charge is -2.06. The molecule has 17 heavy (non-hydrogen) atoms. The highest BCUT2D eigenvalue weighted by Crippen LogP contribution is 2.34. The van der Waals surface area contributed by atoms with E-state index < -0.39 is 0 Å². The summed E-state index contributed by atoms with van der Waals surface area (Å²) in [6.07, 6.45) is 0. The number of aromatic hydroxyl groups is 1. The second-order valence-corrected chi connectivity index (χ2v) is 5.45. The number of phenolic OH excluding ortho intramolecular Hbond substituents is 1. The van der Waals surface area contributed by atoms with Crippen molar-refractivity contribution in [3.63, 3.8) is 0 Å². The number of methoxy groups -OCH3 is 1. The number of rotatable bonds is 3. The molecule has 4 heteroatoms. The lowest BCUT2D eigenvalue weighted by molar-refractivity contribution is 0.372. The summed E-state index contributed by atoms with van der Waals surface area (Å²) in [5, 5.41) is 9.50. The van der Waals surface area contributed by atoms with Crippen LogP contribution in [0.1, 0.15) is 0 Å². The monoisotopic (exact) mass is 310 g/mol. The predicted molar refractivity (Wildman–Crippen MR) is 72.9 cm³/mol. The molecule has 2 rings (SSSR count). The van der Waals surface area contributed by atoms with Crippen molar-refractivity contribution in [2.24, 2.45) is 0 Å². The van der Waals surface area contributed by atoms with Gasteiger partial charge in [0, 0.05) is 14.3 Å². The minimum atomic E-state index is 0.160. The van der Waals surface area contributed by atoms with Crippen LogP contribution in [0.25, 0.3) is 0 Å². The van der Waals surface area contributed by atoms with E-state index in [2.05, 4.69) is 15.9 Å². The van der Waals surface area contributed by atoms with Gasteiger partial charge in [0.1, 0.15) is 0 Å². The number of ether oxygens (including phenoxy) is 1. The molecule has 0 saturated heterocycles. The fourth-order valence-electron chi connectivity index (χ4n) is 1.36. The van der Waals surface area contributed by atoms with Gasteiger partial charge in [-0.15, -0.1) is 0 Å². The van der Waals surface area contributed by atoms with Crippen LogP contribution in [0.5, 0.6) is 11.5 Å². The van der Waals surface area contributed by atoms with Gasteiger partial charge in [-0.2, -0.15) is 0 Å². The van der Waals surface area contributed by atoms with E-state index in [0.29, 0.717) is 5.75 Å². The second-order valence-electron chi connectivity index (χ2n) is 3.39. The smallest absolute Gasteiger partial charge is 0.161 e. The summed E-state index contributed by atoms with van der Waals surface area (Å²) in [5.41, 5.74) is 0.